The molecule has 0 aliphatic heterocycles. The summed E-state index contributed by atoms with van der Waals surface area (Å²) in [6.07, 6.45) is 18.4. The van der Waals surface area contributed by atoms with Gasteiger partial charge in [-0.15, -0.1) is 18.0 Å². The van der Waals surface area contributed by atoms with Gasteiger partial charge in [0.15, 0.2) is 0 Å². The molecule has 2 atom stereocenters. The molecule has 0 saturated heterocycles. The monoisotopic (exact) mass is 296 g/mol. The molecule has 0 aromatic carbocycles. The standard InChI is InChI=1S/C17H25ClO2/c1-4-6-8-9-10-12-13-16(18)17(20-15(3)19)14-11-7-5-2/h2,7,10-12,16-17H,4,6,8-9,13-14H2,1,3H3/b11-7+,12-10-. The highest BCUT2D eigenvalue weighted by Crippen LogP contribution is 2.17. The highest BCUT2D eigenvalue weighted by molar-refractivity contribution is 6.21. The summed E-state index contributed by atoms with van der Waals surface area (Å²) in [6, 6.07) is 0. The van der Waals surface area contributed by atoms with Crippen molar-refractivity contribution in [2.45, 2.75) is 63.9 Å². The molecule has 0 amide bonds. The summed E-state index contributed by atoms with van der Waals surface area (Å²) in [6.45, 7) is 3.58. The van der Waals surface area contributed by atoms with Crippen molar-refractivity contribution in [1.29, 1.82) is 0 Å². The molecule has 0 rings (SSSR count). The minimum atomic E-state index is -0.334. The van der Waals surface area contributed by atoms with Gasteiger partial charge in [0.1, 0.15) is 6.10 Å². The fraction of sp³-hybridized carbons (Fsp3) is 0.588. The van der Waals surface area contributed by atoms with Crippen molar-refractivity contribution >= 4 is 17.6 Å². The van der Waals surface area contributed by atoms with Crippen molar-refractivity contribution in [3.8, 4) is 12.3 Å². The number of terminal acetylenes is 1. The number of esters is 1. The van der Waals surface area contributed by atoms with Crippen LogP contribution in [0.15, 0.2) is 24.3 Å². The maximum absolute atomic E-state index is 11.1. The van der Waals surface area contributed by atoms with E-state index in [2.05, 4.69) is 25.0 Å². The van der Waals surface area contributed by atoms with Crippen LogP contribution in [0.25, 0.3) is 0 Å². The predicted molar refractivity (Wildman–Crippen MR) is 85.7 cm³/mol. The number of unbranched alkanes of at least 4 members (excludes halogenated alkanes) is 3. The lowest BCUT2D eigenvalue weighted by molar-refractivity contribution is -0.146. The molecule has 0 saturated carbocycles. The lowest BCUT2D eigenvalue weighted by atomic mass is 10.1. The van der Waals surface area contributed by atoms with E-state index in [1.807, 2.05) is 0 Å². The van der Waals surface area contributed by atoms with Crippen LogP contribution in [0, 0.1) is 12.3 Å². The van der Waals surface area contributed by atoms with Crippen LogP contribution in [0.1, 0.15) is 52.4 Å². The van der Waals surface area contributed by atoms with Crippen LogP contribution in [-0.2, 0) is 9.53 Å². The van der Waals surface area contributed by atoms with Gasteiger partial charge in [-0.05, 0) is 25.3 Å². The first-order chi connectivity index (χ1) is 9.61. The second-order valence-corrected chi connectivity index (χ2v) is 5.23. The van der Waals surface area contributed by atoms with Gasteiger partial charge in [-0.3, -0.25) is 4.79 Å². The number of rotatable bonds is 10. The van der Waals surface area contributed by atoms with E-state index in [-0.39, 0.29) is 17.5 Å². The summed E-state index contributed by atoms with van der Waals surface area (Å²) in [5.41, 5.74) is 0. The molecule has 0 fully saturated rings. The SMILES string of the molecule is C#C/C=C/CC(OC(C)=O)C(Cl)C/C=C\CCCCC. The molecule has 0 N–H and O–H groups in total. The fourth-order valence-corrected chi connectivity index (χ4v) is 2.02. The van der Waals surface area contributed by atoms with Crippen molar-refractivity contribution in [2.75, 3.05) is 0 Å². The molecular formula is C17H25ClO2. The summed E-state index contributed by atoms with van der Waals surface area (Å²) in [5.74, 6) is 2.09. The Morgan fingerprint density at radius 2 is 2.05 bits per heavy atom. The molecule has 0 radical (unpaired) electrons. The number of hydrogen-bond donors (Lipinski definition) is 0. The van der Waals surface area contributed by atoms with E-state index < -0.39 is 0 Å². The molecule has 0 aliphatic carbocycles. The van der Waals surface area contributed by atoms with E-state index >= 15 is 0 Å². The average Bonchev–Trinajstić information content (AvgIpc) is 2.41. The van der Waals surface area contributed by atoms with E-state index in [0.717, 1.165) is 6.42 Å². The number of alkyl halides is 1. The summed E-state index contributed by atoms with van der Waals surface area (Å²) >= 11 is 6.30. The van der Waals surface area contributed by atoms with Crippen LogP contribution >= 0.6 is 11.6 Å². The number of hydrogen-bond acceptors (Lipinski definition) is 2. The summed E-state index contributed by atoms with van der Waals surface area (Å²) < 4.78 is 5.23. The highest BCUT2D eigenvalue weighted by Gasteiger charge is 2.19. The Kier molecular flexibility index (Phi) is 12.0. The third kappa shape index (κ3) is 10.7. The zero-order valence-electron chi connectivity index (χ0n) is 12.5. The van der Waals surface area contributed by atoms with Crippen LogP contribution in [0.4, 0.5) is 0 Å². The van der Waals surface area contributed by atoms with E-state index in [1.165, 1.54) is 26.2 Å². The molecule has 2 unspecified atom stereocenters. The molecule has 0 heterocycles. The zero-order valence-corrected chi connectivity index (χ0v) is 13.2. The Morgan fingerprint density at radius 1 is 1.30 bits per heavy atom. The van der Waals surface area contributed by atoms with Crippen LogP contribution in [0.2, 0.25) is 0 Å². The smallest absolute Gasteiger partial charge is 0.302 e. The third-order valence-corrected chi connectivity index (χ3v) is 3.26. The lowest BCUT2D eigenvalue weighted by Crippen LogP contribution is -2.26. The van der Waals surface area contributed by atoms with E-state index in [1.54, 1.807) is 12.2 Å². The highest BCUT2D eigenvalue weighted by atomic mass is 35.5. The Morgan fingerprint density at radius 3 is 2.65 bits per heavy atom. The molecule has 20 heavy (non-hydrogen) atoms. The number of carbonyl (C=O) groups excluding carboxylic acids is 1. The van der Waals surface area contributed by atoms with Gasteiger partial charge < -0.3 is 4.74 Å². The molecule has 0 aromatic rings. The Hall–Kier alpha value is -1.20. The molecule has 0 aromatic heterocycles. The first kappa shape index (κ1) is 18.8. The second-order valence-electron chi connectivity index (χ2n) is 4.67. The van der Waals surface area contributed by atoms with E-state index in [4.69, 9.17) is 22.8 Å². The number of allylic oxidation sites excluding steroid dienone is 3. The average molecular weight is 297 g/mol. The van der Waals surface area contributed by atoms with Crippen LogP contribution in [-0.4, -0.2) is 17.5 Å². The maximum atomic E-state index is 11.1. The van der Waals surface area contributed by atoms with Gasteiger partial charge >= 0.3 is 5.97 Å². The Balaban J connectivity index is 4.18. The first-order valence-corrected chi connectivity index (χ1v) is 7.62. The molecule has 3 heteroatoms. The van der Waals surface area contributed by atoms with Gasteiger partial charge in [0.2, 0.25) is 0 Å². The third-order valence-electron chi connectivity index (χ3n) is 2.81. The van der Waals surface area contributed by atoms with Crippen LogP contribution in [0.5, 0.6) is 0 Å². The topological polar surface area (TPSA) is 26.3 Å². The normalized spacial score (nSPS) is 14.3. The van der Waals surface area contributed by atoms with Crippen molar-refractivity contribution in [3.05, 3.63) is 24.3 Å². The van der Waals surface area contributed by atoms with Gasteiger partial charge in [-0.25, -0.2) is 0 Å². The van der Waals surface area contributed by atoms with Crippen molar-refractivity contribution in [2.24, 2.45) is 0 Å². The fourth-order valence-electron chi connectivity index (χ4n) is 1.76. The maximum Gasteiger partial charge on any atom is 0.302 e. The molecule has 2 nitrogen and oxygen atoms in total. The lowest BCUT2D eigenvalue weighted by Gasteiger charge is -2.19. The van der Waals surface area contributed by atoms with Crippen LogP contribution in [0.3, 0.4) is 0 Å². The summed E-state index contributed by atoms with van der Waals surface area (Å²) in [5, 5.41) is -0.233. The zero-order chi connectivity index (χ0) is 15.2. The van der Waals surface area contributed by atoms with E-state index in [0.29, 0.717) is 12.8 Å². The summed E-state index contributed by atoms with van der Waals surface area (Å²) in [4.78, 5) is 11.1. The number of halogens is 1. The van der Waals surface area contributed by atoms with E-state index in [9.17, 15) is 4.79 Å². The number of carbonyl (C=O) groups is 1. The largest absolute Gasteiger partial charge is 0.461 e. The molecule has 0 bridgehead atoms. The van der Waals surface area contributed by atoms with Gasteiger partial charge in [0.25, 0.3) is 0 Å². The van der Waals surface area contributed by atoms with Gasteiger partial charge in [0.05, 0.1) is 5.38 Å². The minimum Gasteiger partial charge on any atom is -0.461 e. The molecule has 0 aliphatic rings. The first-order valence-electron chi connectivity index (χ1n) is 7.19. The predicted octanol–water partition coefficient (Wildman–Crippen LogP) is 4.63. The second kappa shape index (κ2) is 12.8. The Labute approximate surface area is 128 Å². The Bertz CT molecular complexity index is 352. The van der Waals surface area contributed by atoms with Crippen molar-refractivity contribution < 1.29 is 9.53 Å². The molecular weight excluding hydrogens is 272 g/mol. The molecule has 112 valence electrons. The van der Waals surface area contributed by atoms with Crippen LogP contribution < -0.4 is 0 Å². The quantitative estimate of drug-likeness (QED) is 0.193. The summed E-state index contributed by atoms with van der Waals surface area (Å²) in [7, 11) is 0. The number of ether oxygens (including phenoxy) is 1. The van der Waals surface area contributed by atoms with Crippen molar-refractivity contribution in [3.63, 3.8) is 0 Å². The van der Waals surface area contributed by atoms with Gasteiger partial charge in [0, 0.05) is 13.3 Å². The van der Waals surface area contributed by atoms with Gasteiger partial charge in [-0.1, -0.05) is 43.9 Å². The van der Waals surface area contributed by atoms with Gasteiger partial charge in [-0.2, -0.15) is 0 Å². The molecule has 0 spiro atoms. The minimum absolute atomic E-state index is 0.233. The van der Waals surface area contributed by atoms with Crippen molar-refractivity contribution in [1.82, 2.24) is 0 Å².